The normalized spacial score (nSPS) is 17.5. The summed E-state index contributed by atoms with van der Waals surface area (Å²) in [4.78, 5) is 27.1. The number of halogens is 2. The van der Waals surface area contributed by atoms with E-state index in [9.17, 15) is 9.59 Å². The zero-order valence-corrected chi connectivity index (χ0v) is 18.5. The fourth-order valence-electron chi connectivity index (χ4n) is 4.07. The van der Waals surface area contributed by atoms with Gasteiger partial charge in [0.15, 0.2) is 12.4 Å². The molecule has 2 aliphatic rings. The van der Waals surface area contributed by atoms with Crippen LogP contribution >= 0.6 is 23.2 Å². The predicted molar refractivity (Wildman–Crippen MR) is 116 cm³/mol. The van der Waals surface area contributed by atoms with Crippen LogP contribution in [0, 0.1) is 13.8 Å². The Morgan fingerprint density at radius 3 is 2.67 bits per heavy atom. The van der Waals surface area contributed by atoms with E-state index in [2.05, 4.69) is 0 Å². The topological polar surface area (TPSA) is 55.8 Å². The first kappa shape index (κ1) is 21.0. The number of rotatable bonds is 3. The number of fused-ring (bicyclic) bond motifs is 1. The lowest BCUT2D eigenvalue weighted by atomic mass is 9.82. The molecular weight excluding hydrogens is 425 g/mol. The Morgan fingerprint density at radius 2 is 1.93 bits per heavy atom. The van der Waals surface area contributed by atoms with E-state index in [0.29, 0.717) is 47.3 Å². The molecule has 2 aliphatic heterocycles. The van der Waals surface area contributed by atoms with Crippen LogP contribution in [0.5, 0.6) is 11.5 Å². The molecule has 0 aromatic heterocycles. The Balaban J connectivity index is 1.39. The van der Waals surface area contributed by atoms with Crippen molar-refractivity contribution in [2.75, 3.05) is 19.7 Å². The third kappa shape index (κ3) is 4.01. The SMILES string of the molecule is Cc1cccc(OCC(=O)N2CCC3(CC2)CC(=O)c2cc(Cl)cc(Cl)c2O3)c1C. The number of hydrogen-bond acceptors (Lipinski definition) is 4. The van der Waals surface area contributed by atoms with Gasteiger partial charge in [0.2, 0.25) is 0 Å². The molecule has 2 aromatic carbocycles. The lowest BCUT2D eigenvalue weighted by Gasteiger charge is -2.44. The summed E-state index contributed by atoms with van der Waals surface area (Å²) in [5, 5.41) is 0.751. The molecule has 7 heteroatoms. The van der Waals surface area contributed by atoms with Gasteiger partial charge in [-0.3, -0.25) is 9.59 Å². The van der Waals surface area contributed by atoms with Crippen LogP contribution in [0.25, 0.3) is 0 Å². The van der Waals surface area contributed by atoms with Crippen LogP contribution in [0.1, 0.15) is 40.7 Å². The number of amides is 1. The maximum absolute atomic E-state index is 12.7. The summed E-state index contributed by atoms with van der Waals surface area (Å²) in [5.74, 6) is 1.02. The summed E-state index contributed by atoms with van der Waals surface area (Å²) in [6.45, 7) is 4.99. The smallest absolute Gasteiger partial charge is 0.260 e. The summed E-state index contributed by atoms with van der Waals surface area (Å²) in [6, 6.07) is 8.98. The monoisotopic (exact) mass is 447 g/mol. The van der Waals surface area contributed by atoms with Gasteiger partial charge in [0, 0.05) is 31.0 Å². The Bertz CT molecular complexity index is 1010. The predicted octanol–water partition coefficient (Wildman–Crippen LogP) is 5.02. The summed E-state index contributed by atoms with van der Waals surface area (Å²) < 4.78 is 12.0. The molecule has 0 atom stereocenters. The summed E-state index contributed by atoms with van der Waals surface area (Å²) >= 11 is 12.3. The molecule has 158 valence electrons. The number of piperidine rings is 1. The second-order valence-electron chi connectivity index (χ2n) is 8.02. The Kier molecular flexibility index (Phi) is 5.69. The van der Waals surface area contributed by atoms with Gasteiger partial charge in [-0.05, 0) is 43.2 Å². The molecule has 0 unspecified atom stereocenters. The van der Waals surface area contributed by atoms with Gasteiger partial charge < -0.3 is 14.4 Å². The van der Waals surface area contributed by atoms with Gasteiger partial charge in [0.1, 0.15) is 17.1 Å². The average molecular weight is 448 g/mol. The lowest BCUT2D eigenvalue weighted by molar-refractivity contribution is -0.136. The van der Waals surface area contributed by atoms with Gasteiger partial charge in [-0.1, -0.05) is 35.3 Å². The molecule has 30 heavy (non-hydrogen) atoms. The fourth-order valence-corrected chi connectivity index (χ4v) is 4.60. The number of benzene rings is 2. The highest BCUT2D eigenvalue weighted by Crippen LogP contribution is 2.44. The molecule has 0 aliphatic carbocycles. The van der Waals surface area contributed by atoms with E-state index >= 15 is 0 Å². The molecule has 1 amide bonds. The molecule has 0 bridgehead atoms. The van der Waals surface area contributed by atoms with Crippen molar-refractivity contribution in [2.24, 2.45) is 0 Å². The van der Waals surface area contributed by atoms with E-state index in [-0.39, 0.29) is 24.7 Å². The molecule has 0 radical (unpaired) electrons. The van der Waals surface area contributed by atoms with Gasteiger partial charge in [-0.25, -0.2) is 0 Å². The van der Waals surface area contributed by atoms with Gasteiger partial charge in [-0.2, -0.15) is 0 Å². The highest BCUT2D eigenvalue weighted by atomic mass is 35.5. The van der Waals surface area contributed by atoms with E-state index in [4.69, 9.17) is 32.7 Å². The van der Waals surface area contributed by atoms with Crippen molar-refractivity contribution in [3.8, 4) is 11.5 Å². The molecule has 4 rings (SSSR count). The first-order valence-corrected chi connectivity index (χ1v) is 10.7. The zero-order chi connectivity index (χ0) is 21.5. The average Bonchev–Trinajstić information content (AvgIpc) is 2.70. The number of Topliss-reactive ketones (excluding diaryl/α,β-unsaturated/α-hetero) is 1. The summed E-state index contributed by atoms with van der Waals surface area (Å²) in [7, 11) is 0. The van der Waals surface area contributed by atoms with Crippen molar-refractivity contribution in [3.05, 3.63) is 57.1 Å². The maximum Gasteiger partial charge on any atom is 0.260 e. The van der Waals surface area contributed by atoms with E-state index < -0.39 is 5.60 Å². The van der Waals surface area contributed by atoms with Gasteiger partial charge in [-0.15, -0.1) is 0 Å². The zero-order valence-electron chi connectivity index (χ0n) is 17.0. The first-order chi connectivity index (χ1) is 14.3. The highest BCUT2D eigenvalue weighted by molar-refractivity contribution is 6.36. The van der Waals surface area contributed by atoms with E-state index in [1.54, 1.807) is 17.0 Å². The standard InChI is InChI=1S/C23H23Cl2NO4/c1-14-4-3-5-20(15(14)2)29-13-21(28)26-8-6-23(7-9-26)12-19(27)17-10-16(24)11-18(25)22(17)30-23/h3-5,10-11H,6-9,12-13H2,1-2H3. The molecule has 1 fully saturated rings. The summed E-state index contributed by atoms with van der Waals surface area (Å²) in [6.07, 6.45) is 1.39. The molecule has 2 aromatic rings. The van der Waals surface area contributed by atoms with Crippen molar-refractivity contribution >= 4 is 34.9 Å². The minimum absolute atomic E-state index is 0.00968. The Morgan fingerprint density at radius 1 is 1.20 bits per heavy atom. The third-order valence-corrected chi connectivity index (χ3v) is 6.54. The fraction of sp³-hybridized carbons (Fsp3) is 0.391. The van der Waals surface area contributed by atoms with Crippen LogP contribution in [0.4, 0.5) is 0 Å². The number of likely N-dealkylation sites (tertiary alicyclic amines) is 1. The number of carbonyl (C=O) groups excluding carboxylic acids is 2. The number of ketones is 1. The molecule has 1 spiro atoms. The Labute approximate surface area is 185 Å². The second-order valence-corrected chi connectivity index (χ2v) is 8.86. The van der Waals surface area contributed by atoms with Crippen molar-refractivity contribution < 1.29 is 19.1 Å². The van der Waals surface area contributed by atoms with Crippen LogP contribution in [0.15, 0.2) is 30.3 Å². The number of hydrogen-bond donors (Lipinski definition) is 0. The Hall–Kier alpha value is -2.24. The van der Waals surface area contributed by atoms with Crippen LogP contribution in [0.2, 0.25) is 10.0 Å². The lowest BCUT2D eigenvalue weighted by Crippen LogP contribution is -2.53. The third-order valence-electron chi connectivity index (χ3n) is 6.04. The van der Waals surface area contributed by atoms with E-state index in [1.165, 1.54) is 0 Å². The minimum Gasteiger partial charge on any atom is -0.484 e. The van der Waals surface area contributed by atoms with Gasteiger partial charge >= 0.3 is 0 Å². The molecular formula is C23H23Cl2NO4. The van der Waals surface area contributed by atoms with Crippen molar-refractivity contribution in [2.45, 2.75) is 38.7 Å². The highest BCUT2D eigenvalue weighted by Gasteiger charge is 2.44. The van der Waals surface area contributed by atoms with Crippen LogP contribution in [0.3, 0.4) is 0 Å². The summed E-state index contributed by atoms with van der Waals surface area (Å²) in [5.41, 5.74) is 1.96. The van der Waals surface area contributed by atoms with Crippen LogP contribution in [-0.2, 0) is 4.79 Å². The quantitative estimate of drug-likeness (QED) is 0.662. The van der Waals surface area contributed by atoms with E-state index in [1.807, 2.05) is 32.0 Å². The first-order valence-electron chi connectivity index (χ1n) is 9.96. The van der Waals surface area contributed by atoms with Gasteiger partial charge in [0.25, 0.3) is 5.91 Å². The number of aryl methyl sites for hydroxylation is 1. The maximum atomic E-state index is 12.7. The van der Waals surface area contributed by atoms with Crippen molar-refractivity contribution in [1.29, 1.82) is 0 Å². The van der Waals surface area contributed by atoms with Crippen LogP contribution < -0.4 is 9.47 Å². The number of carbonyl (C=O) groups is 2. The second kappa shape index (κ2) is 8.12. The molecule has 0 saturated carbocycles. The number of ether oxygens (including phenoxy) is 2. The largest absolute Gasteiger partial charge is 0.484 e. The number of nitrogens with zero attached hydrogens (tertiary/aromatic N) is 1. The van der Waals surface area contributed by atoms with Crippen LogP contribution in [-0.4, -0.2) is 41.9 Å². The molecule has 2 heterocycles. The van der Waals surface area contributed by atoms with E-state index in [0.717, 1.165) is 16.9 Å². The van der Waals surface area contributed by atoms with Crippen molar-refractivity contribution in [3.63, 3.8) is 0 Å². The molecule has 0 N–H and O–H groups in total. The molecule has 5 nitrogen and oxygen atoms in total. The van der Waals surface area contributed by atoms with Gasteiger partial charge in [0.05, 0.1) is 17.0 Å². The van der Waals surface area contributed by atoms with Crippen molar-refractivity contribution in [1.82, 2.24) is 4.90 Å². The minimum atomic E-state index is -0.633. The molecule has 1 saturated heterocycles.